The quantitative estimate of drug-likeness (QED) is 0.526. The maximum absolute atomic E-state index is 11.9. The molecular weight excluding hydrogens is 341 g/mol. The number of benzene rings is 1. The minimum absolute atomic E-state index is 0.132. The second-order valence-electron chi connectivity index (χ2n) is 4.44. The molecule has 0 saturated carbocycles. The van der Waals surface area contributed by atoms with Gasteiger partial charge in [0.15, 0.2) is 6.61 Å². The molecule has 1 aromatic carbocycles. The van der Waals surface area contributed by atoms with E-state index >= 15 is 0 Å². The Morgan fingerprint density at radius 1 is 1.22 bits per heavy atom. The SMILES string of the molecule is O=C(OCc1noc(-c2ccccc2Cl)n1)c1ccnc(Cl)c1. The molecule has 23 heavy (non-hydrogen) atoms. The molecule has 0 aliphatic carbocycles. The van der Waals surface area contributed by atoms with Crippen LogP contribution < -0.4 is 0 Å². The molecule has 0 spiro atoms. The highest BCUT2D eigenvalue weighted by atomic mass is 35.5. The van der Waals surface area contributed by atoms with E-state index in [2.05, 4.69) is 15.1 Å². The largest absolute Gasteiger partial charge is 0.454 e. The van der Waals surface area contributed by atoms with Crippen molar-refractivity contribution in [1.82, 2.24) is 15.1 Å². The van der Waals surface area contributed by atoms with Crippen LogP contribution in [0.3, 0.4) is 0 Å². The van der Waals surface area contributed by atoms with E-state index in [1.54, 1.807) is 24.3 Å². The Labute approximate surface area is 141 Å². The van der Waals surface area contributed by atoms with E-state index in [9.17, 15) is 4.79 Å². The van der Waals surface area contributed by atoms with Crippen LogP contribution in [0.4, 0.5) is 0 Å². The number of carbonyl (C=O) groups is 1. The minimum Gasteiger partial charge on any atom is -0.454 e. The van der Waals surface area contributed by atoms with E-state index in [1.165, 1.54) is 18.3 Å². The summed E-state index contributed by atoms with van der Waals surface area (Å²) in [6, 6.07) is 9.98. The van der Waals surface area contributed by atoms with Crippen LogP contribution in [0.2, 0.25) is 10.2 Å². The lowest BCUT2D eigenvalue weighted by Gasteiger charge is -2.01. The van der Waals surface area contributed by atoms with Crippen LogP contribution in [-0.2, 0) is 11.3 Å². The van der Waals surface area contributed by atoms with Gasteiger partial charge in [-0.15, -0.1) is 0 Å². The van der Waals surface area contributed by atoms with E-state index in [0.29, 0.717) is 16.1 Å². The summed E-state index contributed by atoms with van der Waals surface area (Å²) in [6.07, 6.45) is 1.42. The summed E-state index contributed by atoms with van der Waals surface area (Å²) in [5, 5.41) is 4.46. The van der Waals surface area contributed by atoms with Gasteiger partial charge in [-0.1, -0.05) is 40.5 Å². The van der Waals surface area contributed by atoms with Crippen LogP contribution in [0.5, 0.6) is 0 Å². The molecule has 0 bridgehead atoms. The van der Waals surface area contributed by atoms with E-state index in [1.807, 2.05) is 0 Å². The number of esters is 1. The summed E-state index contributed by atoms with van der Waals surface area (Å²) in [5.74, 6) is -0.0691. The summed E-state index contributed by atoms with van der Waals surface area (Å²) in [4.78, 5) is 19.8. The fourth-order valence-electron chi connectivity index (χ4n) is 1.80. The van der Waals surface area contributed by atoms with Gasteiger partial charge in [0.05, 0.1) is 16.1 Å². The molecule has 116 valence electrons. The topological polar surface area (TPSA) is 78.1 Å². The van der Waals surface area contributed by atoms with Crippen molar-refractivity contribution >= 4 is 29.2 Å². The van der Waals surface area contributed by atoms with Crippen molar-refractivity contribution in [2.45, 2.75) is 6.61 Å². The number of hydrogen-bond donors (Lipinski definition) is 0. The number of ether oxygens (including phenoxy) is 1. The third-order valence-corrected chi connectivity index (χ3v) is 3.40. The van der Waals surface area contributed by atoms with Crippen LogP contribution >= 0.6 is 23.2 Å². The lowest BCUT2D eigenvalue weighted by molar-refractivity contribution is 0.0459. The highest BCUT2D eigenvalue weighted by Crippen LogP contribution is 2.25. The highest BCUT2D eigenvalue weighted by Gasteiger charge is 2.14. The maximum Gasteiger partial charge on any atom is 0.338 e. The summed E-state index contributed by atoms with van der Waals surface area (Å²) >= 11 is 11.8. The number of pyridine rings is 1. The number of hydrogen-bond acceptors (Lipinski definition) is 6. The van der Waals surface area contributed by atoms with E-state index < -0.39 is 5.97 Å². The molecule has 0 atom stereocenters. The first-order chi connectivity index (χ1) is 11.1. The summed E-state index contributed by atoms with van der Waals surface area (Å²) in [6.45, 7) is -0.132. The van der Waals surface area contributed by atoms with Gasteiger partial charge >= 0.3 is 5.97 Å². The van der Waals surface area contributed by atoms with Crippen molar-refractivity contribution in [3.05, 3.63) is 64.2 Å². The van der Waals surface area contributed by atoms with Crippen molar-refractivity contribution in [1.29, 1.82) is 0 Å². The second-order valence-corrected chi connectivity index (χ2v) is 5.23. The molecular formula is C15H9Cl2N3O3. The molecule has 2 heterocycles. The minimum atomic E-state index is -0.557. The fourth-order valence-corrected chi connectivity index (χ4v) is 2.19. The van der Waals surface area contributed by atoms with Gasteiger partial charge in [0.1, 0.15) is 5.15 Å². The molecule has 0 aliphatic heterocycles. The standard InChI is InChI=1S/C15H9Cl2N3O3/c16-11-4-2-1-3-10(11)14-19-13(20-23-14)8-22-15(21)9-5-6-18-12(17)7-9/h1-7H,8H2. The Hall–Kier alpha value is -2.44. The number of halogens is 2. The second kappa shape index (κ2) is 6.76. The third-order valence-electron chi connectivity index (χ3n) is 2.87. The zero-order valence-corrected chi connectivity index (χ0v) is 13.1. The Morgan fingerprint density at radius 2 is 2.04 bits per heavy atom. The molecule has 3 aromatic rings. The summed E-state index contributed by atoms with van der Waals surface area (Å²) < 4.78 is 10.2. The lowest BCUT2D eigenvalue weighted by atomic mass is 10.2. The molecule has 3 rings (SSSR count). The van der Waals surface area contributed by atoms with Gasteiger partial charge in [-0.05, 0) is 24.3 Å². The van der Waals surface area contributed by atoms with Crippen molar-refractivity contribution < 1.29 is 14.1 Å². The van der Waals surface area contributed by atoms with Crippen molar-refractivity contribution in [3.8, 4) is 11.5 Å². The molecule has 0 N–H and O–H groups in total. The van der Waals surface area contributed by atoms with Gasteiger partial charge in [0, 0.05) is 6.20 Å². The third kappa shape index (κ3) is 3.67. The first kappa shape index (κ1) is 15.5. The van der Waals surface area contributed by atoms with Crippen LogP contribution in [0.25, 0.3) is 11.5 Å². The lowest BCUT2D eigenvalue weighted by Crippen LogP contribution is -2.06. The first-order valence-electron chi connectivity index (χ1n) is 6.49. The molecule has 0 radical (unpaired) electrons. The van der Waals surface area contributed by atoms with Crippen LogP contribution in [-0.4, -0.2) is 21.1 Å². The van der Waals surface area contributed by atoms with Crippen molar-refractivity contribution in [2.24, 2.45) is 0 Å². The Balaban J connectivity index is 1.68. The van der Waals surface area contributed by atoms with Crippen molar-refractivity contribution in [2.75, 3.05) is 0 Å². The number of carbonyl (C=O) groups excluding carboxylic acids is 1. The van der Waals surface area contributed by atoms with Crippen molar-refractivity contribution in [3.63, 3.8) is 0 Å². The summed E-state index contributed by atoms with van der Waals surface area (Å²) in [5.41, 5.74) is 0.903. The predicted molar refractivity (Wildman–Crippen MR) is 83.1 cm³/mol. The van der Waals surface area contributed by atoms with Crippen LogP contribution in [0, 0.1) is 0 Å². The van der Waals surface area contributed by atoms with Gasteiger partial charge in [-0.3, -0.25) is 0 Å². The molecule has 8 heteroatoms. The molecule has 0 fully saturated rings. The smallest absolute Gasteiger partial charge is 0.338 e. The molecule has 0 amide bonds. The first-order valence-corrected chi connectivity index (χ1v) is 7.25. The Bertz CT molecular complexity index is 851. The van der Waals surface area contributed by atoms with E-state index in [0.717, 1.165) is 0 Å². The monoisotopic (exact) mass is 349 g/mol. The zero-order chi connectivity index (χ0) is 16.2. The van der Waals surface area contributed by atoms with Gasteiger partial charge in [0.25, 0.3) is 5.89 Å². The Kier molecular flexibility index (Phi) is 4.55. The van der Waals surface area contributed by atoms with Crippen LogP contribution in [0.15, 0.2) is 47.1 Å². The number of nitrogens with zero attached hydrogens (tertiary/aromatic N) is 3. The van der Waals surface area contributed by atoms with E-state index in [4.69, 9.17) is 32.5 Å². The average molecular weight is 350 g/mol. The Morgan fingerprint density at radius 3 is 2.83 bits per heavy atom. The molecule has 6 nitrogen and oxygen atoms in total. The molecule has 0 unspecified atom stereocenters. The number of aromatic nitrogens is 3. The highest BCUT2D eigenvalue weighted by molar-refractivity contribution is 6.33. The zero-order valence-electron chi connectivity index (χ0n) is 11.6. The molecule has 0 aliphatic rings. The normalized spacial score (nSPS) is 10.5. The van der Waals surface area contributed by atoms with Gasteiger partial charge in [-0.25, -0.2) is 9.78 Å². The molecule has 2 aromatic heterocycles. The van der Waals surface area contributed by atoms with Gasteiger partial charge < -0.3 is 9.26 Å². The van der Waals surface area contributed by atoms with Gasteiger partial charge in [-0.2, -0.15) is 4.98 Å². The van der Waals surface area contributed by atoms with Gasteiger partial charge in [0.2, 0.25) is 5.82 Å². The number of rotatable bonds is 4. The predicted octanol–water partition coefficient (Wildman–Crippen LogP) is 3.80. The summed E-state index contributed by atoms with van der Waals surface area (Å²) in [7, 11) is 0. The van der Waals surface area contributed by atoms with E-state index in [-0.39, 0.29) is 23.5 Å². The molecule has 0 saturated heterocycles. The fraction of sp³-hybridized carbons (Fsp3) is 0.0667. The average Bonchev–Trinajstić information content (AvgIpc) is 3.02. The van der Waals surface area contributed by atoms with Crippen LogP contribution in [0.1, 0.15) is 16.2 Å². The maximum atomic E-state index is 11.9.